The summed E-state index contributed by atoms with van der Waals surface area (Å²) >= 11 is 0. The van der Waals surface area contributed by atoms with Gasteiger partial charge in [-0.05, 0) is 27.2 Å². The third-order valence-corrected chi connectivity index (χ3v) is 6.30. The predicted molar refractivity (Wildman–Crippen MR) is 140 cm³/mol. The summed E-state index contributed by atoms with van der Waals surface area (Å²) in [4.78, 5) is 24.4. The summed E-state index contributed by atoms with van der Waals surface area (Å²) in [6.45, 7) is 8.07. The second-order valence-corrected chi connectivity index (χ2v) is 10.6. The van der Waals surface area contributed by atoms with Gasteiger partial charge in [0.2, 0.25) is 11.2 Å². The molecule has 0 spiro atoms. The molecule has 5 heteroatoms. The van der Waals surface area contributed by atoms with Gasteiger partial charge in [0.25, 0.3) is 0 Å². The summed E-state index contributed by atoms with van der Waals surface area (Å²) in [5.41, 5.74) is -1.04. The highest BCUT2D eigenvalue weighted by atomic mass is 16.5. The highest BCUT2D eigenvalue weighted by Gasteiger charge is 2.26. The van der Waals surface area contributed by atoms with Crippen LogP contribution in [-0.4, -0.2) is 10.5 Å². The van der Waals surface area contributed by atoms with Gasteiger partial charge in [0, 0.05) is 18.8 Å². The Kier molecular flexibility index (Phi) is 15.3. The van der Waals surface area contributed by atoms with E-state index in [0.29, 0.717) is 6.54 Å². The minimum Gasteiger partial charge on any atom is -0.419 e. The van der Waals surface area contributed by atoms with Gasteiger partial charge in [0.1, 0.15) is 6.07 Å². The number of rotatable bonds is 18. The smallest absolute Gasteiger partial charge is 0.316 e. The first kappa shape index (κ1) is 29.9. The van der Waals surface area contributed by atoms with Gasteiger partial charge in [0.15, 0.2) is 5.69 Å². The Bertz CT molecular complexity index is 799. The lowest BCUT2D eigenvalue weighted by Crippen LogP contribution is -2.28. The number of aromatic nitrogens is 1. The maximum Gasteiger partial charge on any atom is 0.316 e. The fourth-order valence-electron chi connectivity index (χ4n) is 4.03. The topological polar surface area (TPSA) is 72.1 Å². The number of hydrogen-bond acceptors (Lipinski definition) is 4. The molecule has 1 heterocycles. The average Bonchev–Trinajstić information content (AvgIpc) is 2.80. The molecule has 0 aliphatic carbocycles. The molecule has 5 nitrogen and oxygen atoms in total. The number of nitriles is 1. The fourth-order valence-corrected chi connectivity index (χ4v) is 4.03. The Morgan fingerprint density at radius 3 is 1.71 bits per heavy atom. The highest BCUT2D eigenvalue weighted by Crippen LogP contribution is 2.20. The number of aryl methyl sites for hydroxylation is 1. The SMILES string of the molecule is CCCCCCCCCCCCCCCCCCn1ccc(=O)c(OC(=O)C(C)(C)C)c1C#N. The molecule has 1 aromatic rings. The zero-order chi connectivity index (χ0) is 25.2. The molecule has 0 aliphatic rings. The second-order valence-electron chi connectivity index (χ2n) is 10.6. The number of ether oxygens (including phenoxy) is 1. The molecular weight excluding hydrogens is 424 g/mol. The molecule has 192 valence electrons. The van der Waals surface area contributed by atoms with E-state index in [2.05, 4.69) is 13.0 Å². The van der Waals surface area contributed by atoms with Gasteiger partial charge in [-0.3, -0.25) is 9.59 Å². The van der Waals surface area contributed by atoms with Crippen LogP contribution in [-0.2, 0) is 11.3 Å². The number of esters is 1. The van der Waals surface area contributed by atoms with Crippen LogP contribution in [0.2, 0.25) is 0 Å². The van der Waals surface area contributed by atoms with Crippen LogP contribution in [0.5, 0.6) is 5.75 Å². The molecule has 0 saturated heterocycles. The van der Waals surface area contributed by atoms with Crippen LogP contribution in [0, 0.1) is 16.7 Å². The molecular formula is C29H48N2O3. The molecule has 0 aliphatic heterocycles. The normalized spacial score (nSPS) is 11.4. The van der Waals surface area contributed by atoms with Crippen molar-refractivity contribution in [1.29, 1.82) is 5.26 Å². The first-order valence-electron chi connectivity index (χ1n) is 13.7. The van der Waals surface area contributed by atoms with E-state index in [-0.39, 0.29) is 11.4 Å². The second kappa shape index (κ2) is 17.4. The molecule has 0 atom stereocenters. The van der Waals surface area contributed by atoms with E-state index in [1.807, 2.05) is 0 Å². The van der Waals surface area contributed by atoms with E-state index in [0.717, 1.165) is 12.8 Å². The van der Waals surface area contributed by atoms with E-state index in [1.165, 1.54) is 96.0 Å². The van der Waals surface area contributed by atoms with Gasteiger partial charge < -0.3 is 9.30 Å². The third-order valence-electron chi connectivity index (χ3n) is 6.30. The Hall–Kier alpha value is -2.09. The van der Waals surface area contributed by atoms with Crippen molar-refractivity contribution in [2.75, 3.05) is 0 Å². The number of carbonyl (C=O) groups excluding carboxylic acids is 1. The lowest BCUT2D eigenvalue weighted by atomic mass is 9.97. The monoisotopic (exact) mass is 472 g/mol. The molecule has 0 fully saturated rings. The standard InChI is InChI=1S/C29H48N2O3/c1-5-6-7-8-9-10-11-12-13-14-15-16-17-18-19-20-22-31-23-21-26(32)27(25(31)24-30)34-28(33)29(2,3)4/h21,23H,5-20,22H2,1-4H3. The largest absolute Gasteiger partial charge is 0.419 e. The van der Waals surface area contributed by atoms with Crippen molar-refractivity contribution in [2.24, 2.45) is 5.41 Å². The van der Waals surface area contributed by atoms with E-state index in [1.54, 1.807) is 31.5 Å². The van der Waals surface area contributed by atoms with Crippen LogP contribution in [0.15, 0.2) is 17.1 Å². The first-order valence-corrected chi connectivity index (χ1v) is 13.7. The van der Waals surface area contributed by atoms with Crippen molar-refractivity contribution in [2.45, 2.75) is 137 Å². The van der Waals surface area contributed by atoms with E-state index >= 15 is 0 Å². The Balaban J connectivity index is 2.19. The molecule has 0 amide bonds. The molecule has 0 saturated carbocycles. The minimum absolute atomic E-state index is 0.131. The Morgan fingerprint density at radius 2 is 1.29 bits per heavy atom. The molecule has 0 bridgehead atoms. The van der Waals surface area contributed by atoms with Crippen molar-refractivity contribution in [3.63, 3.8) is 0 Å². The van der Waals surface area contributed by atoms with Gasteiger partial charge in [-0.15, -0.1) is 0 Å². The van der Waals surface area contributed by atoms with Crippen molar-refractivity contribution < 1.29 is 9.53 Å². The van der Waals surface area contributed by atoms with Crippen LogP contribution >= 0.6 is 0 Å². The van der Waals surface area contributed by atoms with Gasteiger partial charge in [-0.1, -0.05) is 103 Å². The third kappa shape index (κ3) is 12.4. The lowest BCUT2D eigenvalue weighted by molar-refractivity contribution is -0.143. The molecule has 1 rings (SSSR count). The Morgan fingerprint density at radius 1 is 0.853 bits per heavy atom. The fraction of sp³-hybridized carbons (Fsp3) is 0.759. The van der Waals surface area contributed by atoms with Crippen molar-refractivity contribution >= 4 is 5.97 Å². The maximum atomic E-state index is 12.2. The average molecular weight is 473 g/mol. The van der Waals surface area contributed by atoms with Gasteiger partial charge in [0.05, 0.1) is 5.41 Å². The lowest BCUT2D eigenvalue weighted by Gasteiger charge is -2.18. The summed E-state index contributed by atoms with van der Waals surface area (Å²) in [5.74, 6) is -0.664. The van der Waals surface area contributed by atoms with Crippen LogP contribution in [0.1, 0.15) is 136 Å². The number of pyridine rings is 1. The summed E-state index contributed by atoms with van der Waals surface area (Å²) in [6, 6.07) is 3.43. The number of nitrogens with zero attached hydrogens (tertiary/aromatic N) is 2. The maximum absolute atomic E-state index is 12.2. The number of hydrogen-bond donors (Lipinski definition) is 0. The van der Waals surface area contributed by atoms with Crippen LogP contribution in [0.4, 0.5) is 0 Å². The molecule has 1 aromatic heterocycles. The molecule has 34 heavy (non-hydrogen) atoms. The zero-order valence-electron chi connectivity index (χ0n) is 22.3. The first-order chi connectivity index (χ1) is 16.3. The van der Waals surface area contributed by atoms with Gasteiger partial charge in [-0.2, -0.15) is 5.26 Å². The van der Waals surface area contributed by atoms with E-state index in [4.69, 9.17) is 4.74 Å². The van der Waals surface area contributed by atoms with Gasteiger partial charge >= 0.3 is 5.97 Å². The summed E-state index contributed by atoms with van der Waals surface area (Å²) < 4.78 is 7.04. The highest BCUT2D eigenvalue weighted by molar-refractivity contribution is 5.78. The molecule has 0 radical (unpaired) electrons. The van der Waals surface area contributed by atoms with Crippen molar-refractivity contribution in [1.82, 2.24) is 4.57 Å². The van der Waals surface area contributed by atoms with Gasteiger partial charge in [-0.25, -0.2) is 0 Å². The van der Waals surface area contributed by atoms with Crippen LogP contribution < -0.4 is 10.2 Å². The van der Waals surface area contributed by atoms with Crippen LogP contribution in [0.3, 0.4) is 0 Å². The summed E-state index contributed by atoms with van der Waals surface area (Å²) in [5, 5.41) is 9.57. The Labute approximate surface area is 207 Å². The number of unbranched alkanes of at least 4 members (excludes halogenated alkanes) is 15. The molecule has 0 unspecified atom stereocenters. The molecule has 0 N–H and O–H groups in total. The van der Waals surface area contributed by atoms with Crippen molar-refractivity contribution in [3.05, 3.63) is 28.2 Å². The molecule has 0 aromatic carbocycles. The predicted octanol–water partition coefficient (Wildman–Crippen LogP) is 7.93. The van der Waals surface area contributed by atoms with Crippen molar-refractivity contribution in [3.8, 4) is 11.8 Å². The number of carbonyl (C=O) groups is 1. The van der Waals surface area contributed by atoms with E-state index < -0.39 is 16.8 Å². The van der Waals surface area contributed by atoms with Crippen LogP contribution in [0.25, 0.3) is 0 Å². The summed E-state index contributed by atoms with van der Waals surface area (Å²) in [6.07, 6.45) is 22.6. The van der Waals surface area contributed by atoms with E-state index in [9.17, 15) is 14.9 Å². The zero-order valence-corrected chi connectivity index (χ0v) is 22.3. The minimum atomic E-state index is -0.742. The summed E-state index contributed by atoms with van der Waals surface area (Å²) in [7, 11) is 0. The quantitative estimate of drug-likeness (QED) is 0.161.